The Morgan fingerprint density at radius 3 is 2.68 bits per heavy atom. The Bertz CT molecular complexity index is 812. The van der Waals surface area contributed by atoms with E-state index in [9.17, 15) is 4.79 Å². The number of aromatic nitrogens is 2. The zero-order valence-electron chi connectivity index (χ0n) is 11.8. The molecular formula is C17H14N2O2S. The minimum absolute atomic E-state index is 0.466. The van der Waals surface area contributed by atoms with Crippen LogP contribution in [0.5, 0.6) is 5.75 Å². The number of fused-ring (bicyclic) bond motifs is 1. The molecule has 0 unspecified atom stereocenters. The Morgan fingerprint density at radius 1 is 1.18 bits per heavy atom. The van der Waals surface area contributed by atoms with E-state index in [-0.39, 0.29) is 0 Å². The predicted molar refractivity (Wildman–Crippen MR) is 88.5 cm³/mol. The second-order valence-corrected chi connectivity index (χ2v) is 5.49. The molecule has 0 amide bonds. The maximum absolute atomic E-state index is 12.5. The first-order chi connectivity index (χ1) is 10.8. The van der Waals surface area contributed by atoms with Gasteiger partial charge in [-0.1, -0.05) is 48.2 Å². The van der Waals surface area contributed by atoms with E-state index in [4.69, 9.17) is 4.74 Å². The van der Waals surface area contributed by atoms with Crippen molar-refractivity contribution >= 4 is 28.9 Å². The third kappa shape index (κ3) is 2.89. The number of rotatable bonds is 4. The monoisotopic (exact) mass is 310 g/mol. The summed E-state index contributed by atoms with van der Waals surface area (Å²) < 4.78 is 6.93. The molecule has 0 atom stereocenters. The molecule has 22 heavy (non-hydrogen) atoms. The van der Waals surface area contributed by atoms with Crippen LogP contribution in [0.1, 0.15) is 0 Å². The van der Waals surface area contributed by atoms with E-state index in [0.29, 0.717) is 16.7 Å². The topological polar surface area (TPSA) is 44.1 Å². The molecule has 4 nitrogen and oxygen atoms in total. The summed E-state index contributed by atoms with van der Waals surface area (Å²) in [6.45, 7) is 3.70. The van der Waals surface area contributed by atoms with Crippen molar-refractivity contribution in [3.8, 4) is 5.75 Å². The van der Waals surface area contributed by atoms with Crippen LogP contribution < -0.4 is 4.74 Å². The molecule has 5 heteroatoms. The van der Waals surface area contributed by atoms with Crippen LogP contribution >= 0.6 is 11.8 Å². The second kappa shape index (κ2) is 6.49. The van der Waals surface area contributed by atoms with E-state index >= 15 is 0 Å². The van der Waals surface area contributed by atoms with Gasteiger partial charge in [0, 0.05) is 5.75 Å². The number of nitrogens with zero attached hydrogens (tertiary/aromatic N) is 2. The number of hydrogen-bond donors (Lipinski definition) is 0. The van der Waals surface area contributed by atoms with E-state index in [0.717, 1.165) is 11.0 Å². The van der Waals surface area contributed by atoms with Gasteiger partial charge in [0.15, 0.2) is 5.16 Å². The molecule has 0 N–H and O–H groups in total. The second-order valence-electron chi connectivity index (χ2n) is 4.50. The zero-order chi connectivity index (χ0) is 15.4. The van der Waals surface area contributed by atoms with Crippen LogP contribution in [0.2, 0.25) is 0 Å². The summed E-state index contributed by atoms with van der Waals surface area (Å²) in [5, 5.41) is 0.599. The fourth-order valence-corrected chi connectivity index (χ4v) is 2.78. The summed E-state index contributed by atoms with van der Waals surface area (Å²) in [6, 6.07) is 16.5. The van der Waals surface area contributed by atoms with E-state index in [2.05, 4.69) is 11.6 Å². The number of para-hydroxylation sites is 3. The van der Waals surface area contributed by atoms with Crippen LogP contribution in [0.3, 0.4) is 0 Å². The minimum Gasteiger partial charge on any atom is -0.410 e. The molecule has 0 fully saturated rings. The van der Waals surface area contributed by atoms with Gasteiger partial charge in [-0.2, -0.15) is 0 Å². The van der Waals surface area contributed by atoms with Crippen molar-refractivity contribution in [1.82, 2.24) is 9.55 Å². The molecule has 1 heterocycles. The van der Waals surface area contributed by atoms with E-state index in [1.165, 1.54) is 16.3 Å². The van der Waals surface area contributed by atoms with Crippen LogP contribution in [-0.2, 0) is 0 Å². The average molecular weight is 310 g/mol. The molecule has 0 spiro atoms. The molecule has 0 saturated carbocycles. The largest absolute Gasteiger partial charge is 0.426 e. The molecule has 0 aliphatic heterocycles. The van der Waals surface area contributed by atoms with Gasteiger partial charge in [-0.05, 0) is 24.3 Å². The molecule has 2 aromatic carbocycles. The van der Waals surface area contributed by atoms with Crippen molar-refractivity contribution in [1.29, 1.82) is 0 Å². The number of imidazole rings is 1. The van der Waals surface area contributed by atoms with Crippen molar-refractivity contribution < 1.29 is 9.53 Å². The first-order valence-corrected chi connectivity index (χ1v) is 7.76. The normalized spacial score (nSPS) is 10.5. The smallest absolute Gasteiger partial charge is 0.410 e. The number of benzene rings is 2. The van der Waals surface area contributed by atoms with E-state index < -0.39 is 6.09 Å². The number of thioether (sulfide) groups is 1. The van der Waals surface area contributed by atoms with Gasteiger partial charge in [-0.15, -0.1) is 6.58 Å². The Balaban J connectivity index is 1.99. The minimum atomic E-state index is -0.466. The molecule has 3 rings (SSSR count). The number of ether oxygens (including phenoxy) is 1. The Kier molecular flexibility index (Phi) is 4.25. The first-order valence-electron chi connectivity index (χ1n) is 6.78. The SMILES string of the molecule is C=CCSc1nc2ccccc2n1C(=O)Oc1ccccc1. The van der Waals surface area contributed by atoms with Crippen LogP contribution in [0.25, 0.3) is 11.0 Å². The first kappa shape index (κ1) is 14.4. The summed E-state index contributed by atoms with van der Waals surface area (Å²) in [4.78, 5) is 17.0. The number of carbonyl (C=O) groups excluding carboxylic acids is 1. The average Bonchev–Trinajstić information content (AvgIpc) is 2.92. The van der Waals surface area contributed by atoms with Crippen LogP contribution in [0.15, 0.2) is 72.4 Å². The lowest BCUT2D eigenvalue weighted by atomic mass is 10.3. The van der Waals surface area contributed by atoms with Gasteiger partial charge in [0.25, 0.3) is 0 Å². The van der Waals surface area contributed by atoms with Gasteiger partial charge in [0.2, 0.25) is 0 Å². The molecule has 3 aromatic rings. The maximum Gasteiger partial charge on any atom is 0.426 e. The fraction of sp³-hybridized carbons (Fsp3) is 0.0588. The van der Waals surface area contributed by atoms with Crippen molar-refractivity contribution in [2.24, 2.45) is 0 Å². The van der Waals surface area contributed by atoms with Crippen molar-refractivity contribution in [3.63, 3.8) is 0 Å². The zero-order valence-corrected chi connectivity index (χ0v) is 12.6. The highest BCUT2D eigenvalue weighted by atomic mass is 32.2. The van der Waals surface area contributed by atoms with E-state index in [1.54, 1.807) is 18.2 Å². The Morgan fingerprint density at radius 2 is 1.91 bits per heavy atom. The molecule has 1 aromatic heterocycles. The molecule has 110 valence electrons. The molecule has 0 radical (unpaired) electrons. The van der Waals surface area contributed by atoms with Crippen LogP contribution in [0.4, 0.5) is 4.79 Å². The standard InChI is InChI=1S/C17H14N2O2S/c1-2-12-22-16-18-14-10-6-7-11-15(14)19(16)17(20)21-13-8-4-3-5-9-13/h2-11H,1,12H2. The summed E-state index contributed by atoms with van der Waals surface area (Å²) in [5.74, 6) is 1.17. The highest BCUT2D eigenvalue weighted by molar-refractivity contribution is 7.99. The van der Waals surface area contributed by atoms with Gasteiger partial charge in [0.05, 0.1) is 11.0 Å². The molecule has 0 aliphatic rings. The highest BCUT2D eigenvalue weighted by Crippen LogP contribution is 2.25. The summed E-state index contributed by atoms with van der Waals surface area (Å²) in [7, 11) is 0. The highest BCUT2D eigenvalue weighted by Gasteiger charge is 2.18. The fourth-order valence-electron chi connectivity index (χ4n) is 2.05. The van der Waals surface area contributed by atoms with Crippen LogP contribution in [0, 0.1) is 0 Å². The lowest BCUT2D eigenvalue weighted by molar-refractivity contribution is 0.201. The van der Waals surface area contributed by atoms with Gasteiger partial charge < -0.3 is 4.74 Å². The van der Waals surface area contributed by atoms with Crippen molar-refractivity contribution in [3.05, 3.63) is 67.3 Å². The Labute approximate surface area is 132 Å². The molecule has 0 saturated heterocycles. The number of hydrogen-bond acceptors (Lipinski definition) is 4. The summed E-state index contributed by atoms with van der Waals surface area (Å²) >= 11 is 1.44. The Hall–Kier alpha value is -2.53. The molecule has 0 bridgehead atoms. The molecular weight excluding hydrogens is 296 g/mol. The van der Waals surface area contributed by atoms with E-state index in [1.807, 2.05) is 42.5 Å². The van der Waals surface area contributed by atoms with Crippen LogP contribution in [-0.4, -0.2) is 21.4 Å². The number of carbonyl (C=O) groups is 1. The van der Waals surface area contributed by atoms with Gasteiger partial charge in [-0.25, -0.2) is 14.3 Å². The van der Waals surface area contributed by atoms with Crippen molar-refractivity contribution in [2.45, 2.75) is 5.16 Å². The summed E-state index contributed by atoms with van der Waals surface area (Å²) in [6.07, 6.45) is 1.31. The third-order valence-electron chi connectivity index (χ3n) is 2.99. The van der Waals surface area contributed by atoms with Crippen molar-refractivity contribution in [2.75, 3.05) is 5.75 Å². The lowest BCUT2D eigenvalue weighted by Gasteiger charge is -2.07. The molecule has 0 aliphatic carbocycles. The maximum atomic E-state index is 12.5. The third-order valence-corrected chi connectivity index (χ3v) is 3.93. The van der Waals surface area contributed by atoms with Gasteiger partial charge in [-0.3, -0.25) is 0 Å². The quantitative estimate of drug-likeness (QED) is 0.530. The van der Waals surface area contributed by atoms with Gasteiger partial charge >= 0.3 is 6.09 Å². The van der Waals surface area contributed by atoms with Gasteiger partial charge in [0.1, 0.15) is 5.75 Å². The summed E-state index contributed by atoms with van der Waals surface area (Å²) in [5.41, 5.74) is 1.49. The predicted octanol–water partition coefficient (Wildman–Crippen LogP) is 4.36. The lowest BCUT2D eigenvalue weighted by Crippen LogP contribution is -2.17.